The second kappa shape index (κ2) is 1.53. The highest BCUT2D eigenvalue weighted by Gasteiger charge is 2.49. The van der Waals surface area contributed by atoms with Crippen molar-refractivity contribution >= 4 is 15.7 Å². The first kappa shape index (κ1) is 6.15. The second-order valence-corrected chi connectivity index (χ2v) is 4.89. The van der Waals surface area contributed by atoms with Crippen molar-refractivity contribution in [2.24, 2.45) is 0 Å². The minimum Gasteiger partial charge on any atom is -0.324 e. The Kier molecular flexibility index (Phi) is 0.940. The van der Waals surface area contributed by atoms with Crippen LogP contribution in [0.5, 0.6) is 0 Å². The molecule has 2 fully saturated rings. The zero-order valence-electron chi connectivity index (χ0n) is 5.28. The Morgan fingerprint density at radius 2 is 2.20 bits per heavy atom. The van der Waals surface area contributed by atoms with E-state index in [0.717, 1.165) is 0 Å². The number of amides is 1. The Morgan fingerprint density at radius 1 is 1.50 bits per heavy atom. The number of carbonyl (C=O) groups is 1. The smallest absolute Gasteiger partial charge is 0.226 e. The molecule has 2 heterocycles. The maximum atomic E-state index is 11.0. The molecule has 56 valence electrons. The first-order valence-electron chi connectivity index (χ1n) is 3.12. The first-order valence-corrected chi connectivity index (χ1v) is 4.84. The lowest BCUT2D eigenvalue weighted by atomic mass is 10.2. The van der Waals surface area contributed by atoms with Crippen molar-refractivity contribution in [2.45, 2.75) is 11.8 Å². The summed E-state index contributed by atoms with van der Waals surface area (Å²) in [5, 5.41) is -0.458. The Labute approximate surface area is 58.7 Å². The van der Waals surface area contributed by atoms with Crippen LogP contribution in [-0.2, 0) is 14.6 Å². The molecule has 0 bridgehead atoms. The number of β-lactam (4-membered cyclic amide) rings is 1. The van der Waals surface area contributed by atoms with Gasteiger partial charge in [0.25, 0.3) is 0 Å². The predicted octanol–water partition coefficient (Wildman–Crippen LogP) is -1.03. The minimum atomic E-state index is -2.92. The molecule has 0 saturated carbocycles. The molecule has 1 atom stereocenters. The zero-order chi connectivity index (χ0) is 7.35. The molecule has 0 N–H and O–H groups in total. The van der Waals surface area contributed by atoms with E-state index in [1.807, 2.05) is 0 Å². The molecule has 1 unspecified atom stereocenters. The van der Waals surface area contributed by atoms with Crippen LogP contribution in [0.2, 0.25) is 0 Å². The molecule has 2 aliphatic rings. The average Bonchev–Trinajstić information content (AvgIpc) is 2.03. The molecule has 2 saturated heterocycles. The number of fused-ring (bicyclic) bond motifs is 1. The van der Waals surface area contributed by atoms with Crippen LogP contribution in [-0.4, -0.2) is 36.9 Å². The minimum absolute atomic E-state index is 0.0222. The van der Waals surface area contributed by atoms with Gasteiger partial charge in [-0.05, 0) is 0 Å². The van der Waals surface area contributed by atoms with Gasteiger partial charge in [0.2, 0.25) is 5.91 Å². The number of hydrogen-bond acceptors (Lipinski definition) is 3. The summed E-state index contributed by atoms with van der Waals surface area (Å²) in [6.07, 6.45) is 0.211. The Balaban J connectivity index is 2.34. The number of nitrogens with zero attached hydrogens (tertiary/aromatic N) is 1. The van der Waals surface area contributed by atoms with E-state index in [4.69, 9.17) is 0 Å². The maximum Gasteiger partial charge on any atom is 0.226 e. The molecule has 0 spiro atoms. The van der Waals surface area contributed by atoms with Crippen LogP contribution >= 0.6 is 0 Å². The van der Waals surface area contributed by atoms with E-state index >= 15 is 0 Å². The number of sulfone groups is 1. The number of rotatable bonds is 0. The van der Waals surface area contributed by atoms with E-state index in [9.17, 15) is 13.2 Å². The van der Waals surface area contributed by atoms with Gasteiger partial charge < -0.3 is 4.90 Å². The molecule has 5 heteroatoms. The highest BCUT2D eigenvalue weighted by Crippen LogP contribution is 2.29. The Morgan fingerprint density at radius 3 is 2.60 bits per heavy atom. The van der Waals surface area contributed by atoms with Crippen molar-refractivity contribution < 1.29 is 13.2 Å². The third-order valence-electron chi connectivity index (χ3n) is 2.05. The van der Waals surface area contributed by atoms with Crippen LogP contribution in [0, 0.1) is 0 Å². The summed E-state index contributed by atoms with van der Waals surface area (Å²) in [6, 6.07) is 0. The quantitative estimate of drug-likeness (QED) is 0.427. The van der Waals surface area contributed by atoms with Crippen molar-refractivity contribution in [1.82, 2.24) is 4.90 Å². The SMILES string of the molecule is O=C1CC2N1CCS2(=O)=O. The summed E-state index contributed by atoms with van der Waals surface area (Å²) >= 11 is 0. The molecule has 0 radical (unpaired) electrons. The van der Waals surface area contributed by atoms with Crippen molar-refractivity contribution in [3.05, 3.63) is 0 Å². The third kappa shape index (κ3) is 0.558. The van der Waals surface area contributed by atoms with Crippen molar-refractivity contribution in [2.75, 3.05) is 12.3 Å². The normalized spacial score (nSPS) is 35.4. The number of hydrogen-bond donors (Lipinski definition) is 0. The third-order valence-corrected chi connectivity index (χ3v) is 4.05. The summed E-state index contributed by atoms with van der Waals surface area (Å²) in [5.41, 5.74) is 0. The van der Waals surface area contributed by atoms with Gasteiger partial charge in [-0.3, -0.25) is 4.79 Å². The van der Waals surface area contributed by atoms with E-state index in [2.05, 4.69) is 0 Å². The van der Waals surface area contributed by atoms with Crippen LogP contribution in [0.4, 0.5) is 0 Å². The average molecular weight is 161 g/mol. The largest absolute Gasteiger partial charge is 0.324 e. The van der Waals surface area contributed by atoms with Gasteiger partial charge in [-0.2, -0.15) is 0 Å². The summed E-state index contributed by atoms with van der Waals surface area (Å²) < 4.78 is 21.9. The van der Waals surface area contributed by atoms with Crippen molar-refractivity contribution in [3.8, 4) is 0 Å². The standard InChI is InChI=1S/C5H7NO3S/c7-4-3-5-6(4)1-2-10(5,8)9/h5H,1-3H2. The highest BCUT2D eigenvalue weighted by molar-refractivity contribution is 7.92. The highest BCUT2D eigenvalue weighted by atomic mass is 32.2. The van der Waals surface area contributed by atoms with Crippen LogP contribution in [0.3, 0.4) is 0 Å². The van der Waals surface area contributed by atoms with Crippen LogP contribution in [0.25, 0.3) is 0 Å². The van der Waals surface area contributed by atoms with Crippen molar-refractivity contribution in [1.29, 1.82) is 0 Å². The molecule has 10 heavy (non-hydrogen) atoms. The molecule has 0 aliphatic carbocycles. The molecule has 2 rings (SSSR count). The van der Waals surface area contributed by atoms with Crippen LogP contribution < -0.4 is 0 Å². The van der Waals surface area contributed by atoms with Gasteiger partial charge in [-0.15, -0.1) is 0 Å². The van der Waals surface area contributed by atoms with E-state index in [1.54, 1.807) is 0 Å². The summed E-state index contributed by atoms with van der Waals surface area (Å²) in [6.45, 7) is 0.409. The molecular formula is C5H7NO3S. The molecule has 2 aliphatic heterocycles. The fourth-order valence-electron chi connectivity index (χ4n) is 1.38. The molecule has 4 nitrogen and oxygen atoms in total. The van der Waals surface area contributed by atoms with Gasteiger partial charge in [-0.25, -0.2) is 8.42 Å². The summed E-state index contributed by atoms with van der Waals surface area (Å²) in [5.74, 6) is 0.134. The fourth-order valence-corrected chi connectivity index (χ4v) is 3.11. The molecular weight excluding hydrogens is 154 g/mol. The van der Waals surface area contributed by atoms with Gasteiger partial charge in [0.05, 0.1) is 12.2 Å². The van der Waals surface area contributed by atoms with Gasteiger partial charge in [0.1, 0.15) is 5.37 Å². The van der Waals surface area contributed by atoms with E-state index in [-0.39, 0.29) is 18.1 Å². The Bertz CT molecular complexity index is 281. The lowest BCUT2D eigenvalue weighted by molar-refractivity contribution is -0.140. The Hall–Kier alpha value is -0.580. The summed E-state index contributed by atoms with van der Waals surface area (Å²) in [4.78, 5) is 12.1. The molecule has 0 aromatic carbocycles. The maximum absolute atomic E-state index is 11.0. The number of carbonyl (C=O) groups excluding carboxylic acids is 1. The molecule has 0 aromatic rings. The van der Waals surface area contributed by atoms with Gasteiger partial charge in [0, 0.05) is 6.54 Å². The summed E-state index contributed by atoms with van der Waals surface area (Å²) in [7, 11) is -2.92. The lowest BCUT2D eigenvalue weighted by Crippen LogP contribution is -2.50. The van der Waals surface area contributed by atoms with E-state index in [1.165, 1.54) is 4.90 Å². The second-order valence-electron chi connectivity index (χ2n) is 2.61. The lowest BCUT2D eigenvalue weighted by Gasteiger charge is -2.32. The fraction of sp³-hybridized carbons (Fsp3) is 0.800. The van der Waals surface area contributed by atoms with Gasteiger partial charge >= 0.3 is 0 Å². The van der Waals surface area contributed by atoms with E-state index in [0.29, 0.717) is 6.54 Å². The van der Waals surface area contributed by atoms with E-state index < -0.39 is 15.2 Å². The topological polar surface area (TPSA) is 54.5 Å². The first-order chi connectivity index (χ1) is 4.61. The monoisotopic (exact) mass is 161 g/mol. The zero-order valence-corrected chi connectivity index (χ0v) is 6.10. The van der Waals surface area contributed by atoms with Crippen LogP contribution in [0.1, 0.15) is 6.42 Å². The molecule has 1 amide bonds. The van der Waals surface area contributed by atoms with Gasteiger partial charge in [0.15, 0.2) is 9.84 Å². The van der Waals surface area contributed by atoms with Crippen molar-refractivity contribution in [3.63, 3.8) is 0 Å². The van der Waals surface area contributed by atoms with Gasteiger partial charge in [-0.1, -0.05) is 0 Å². The predicted molar refractivity (Wildman–Crippen MR) is 33.9 cm³/mol. The van der Waals surface area contributed by atoms with Crippen LogP contribution in [0.15, 0.2) is 0 Å². The molecule has 0 aromatic heterocycles.